The van der Waals surface area contributed by atoms with Crippen LogP contribution in [0.15, 0.2) is 24.3 Å². The summed E-state index contributed by atoms with van der Waals surface area (Å²) in [7, 11) is 0. The minimum atomic E-state index is 0. The van der Waals surface area contributed by atoms with Gasteiger partial charge in [-0.15, -0.1) is 0 Å². The molecule has 2 rings (SSSR count). The lowest BCUT2D eigenvalue weighted by Crippen LogP contribution is -1.81. The largest absolute Gasteiger partial charge is 0.359 e. The molecule has 1 heterocycles. The van der Waals surface area contributed by atoms with Crippen LogP contribution in [0.1, 0.15) is 26.0 Å². The van der Waals surface area contributed by atoms with Crippen LogP contribution < -0.4 is 0 Å². The maximum absolute atomic E-state index is 3.33. The normalized spacial score (nSPS) is 10.9. The molecule has 0 atom stereocenters. The molecule has 0 saturated heterocycles. The third kappa shape index (κ3) is 1.59. The molecule has 0 amide bonds. The minimum absolute atomic E-state index is 0. The van der Waals surface area contributed by atoms with Gasteiger partial charge in [-0.3, -0.25) is 0 Å². The summed E-state index contributed by atoms with van der Waals surface area (Å²) in [5.41, 5.74) is 3.93. The maximum atomic E-state index is 3.33. The molecule has 0 radical (unpaired) electrons. The molecule has 2 aromatic rings. The van der Waals surface area contributed by atoms with Gasteiger partial charge in [-0.1, -0.05) is 19.4 Å². The molecule has 0 aliphatic heterocycles. The molecule has 1 aromatic carbocycles. The Labute approximate surface area is 80.3 Å². The second kappa shape index (κ2) is 3.25. The third-order valence-corrected chi connectivity index (χ3v) is 2.36. The van der Waals surface area contributed by atoms with Gasteiger partial charge < -0.3 is 4.98 Å². The Balaban J connectivity index is 0.000000980. The van der Waals surface area contributed by atoms with E-state index < -0.39 is 0 Å². The van der Waals surface area contributed by atoms with Crippen molar-refractivity contribution in [3.8, 4) is 0 Å². The third-order valence-electron chi connectivity index (χ3n) is 2.36. The first-order valence-electron chi connectivity index (χ1n) is 4.88. The number of benzene rings is 1. The van der Waals surface area contributed by atoms with E-state index in [0.717, 1.165) is 0 Å². The average Bonchev–Trinajstić information content (AvgIpc) is 2.44. The first-order valence-corrected chi connectivity index (χ1v) is 4.88. The van der Waals surface area contributed by atoms with Crippen molar-refractivity contribution >= 4 is 10.9 Å². The molecule has 0 fully saturated rings. The first-order chi connectivity index (χ1) is 6.29. The van der Waals surface area contributed by atoms with Gasteiger partial charge in [0, 0.05) is 12.6 Å². The standard InChI is InChI=1S/C12H15N.H2/c1-3-4-10-5-6-12-11(8-10)7-9(2)13-12;/h5-8,13H,3-4H2,1-2H3;1H. The van der Waals surface area contributed by atoms with Crippen LogP contribution in [0.3, 0.4) is 0 Å². The molecular formula is C12H17N. The summed E-state index contributed by atoms with van der Waals surface area (Å²) in [4.78, 5) is 3.33. The molecule has 0 aliphatic rings. The molecule has 70 valence electrons. The average molecular weight is 175 g/mol. The zero-order valence-corrected chi connectivity index (χ0v) is 8.22. The Kier molecular flexibility index (Phi) is 2.09. The van der Waals surface area contributed by atoms with Gasteiger partial charge in [0.15, 0.2) is 0 Å². The van der Waals surface area contributed by atoms with Gasteiger partial charge in [-0.2, -0.15) is 0 Å². The Morgan fingerprint density at radius 2 is 2.15 bits per heavy atom. The number of aromatic amines is 1. The van der Waals surface area contributed by atoms with E-state index in [9.17, 15) is 0 Å². The Morgan fingerprint density at radius 3 is 2.92 bits per heavy atom. The number of hydrogen-bond acceptors (Lipinski definition) is 0. The van der Waals surface area contributed by atoms with E-state index in [1.165, 1.54) is 35.0 Å². The van der Waals surface area contributed by atoms with E-state index in [1.807, 2.05) is 0 Å². The van der Waals surface area contributed by atoms with Gasteiger partial charge in [0.2, 0.25) is 0 Å². The number of hydrogen-bond donors (Lipinski definition) is 1. The molecule has 0 saturated carbocycles. The van der Waals surface area contributed by atoms with Crippen LogP contribution in [0.25, 0.3) is 10.9 Å². The van der Waals surface area contributed by atoms with Crippen LogP contribution in [0.4, 0.5) is 0 Å². The lowest BCUT2D eigenvalue weighted by Gasteiger charge is -1.97. The molecule has 0 unspecified atom stereocenters. The van der Waals surface area contributed by atoms with Crippen LogP contribution >= 0.6 is 0 Å². The Bertz CT molecular complexity index is 417. The highest BCUT2D eigenvalue weighted by molar-refractivity contribution is 5.81. The maximum Gasteiger partial charge on any atom is 0.0456 e. The number of rotatable bonds is 2. The lowest BCUT2D eigenvalue weighted by molar-refractivity contribution is 0.924. The number of aryl methyl sites for hydroxylation is 2. The van der Waals surface area contributed by atoms with Crippen molar-refractivity contribution < 1.29 is 1.43 Å². The monoisotopic (exact) mass is 175 g/mol. The van der Waals surface area contributed by atoms with Crippen molar-refractivity contribution in [2.75, 3.05) is 0 Å². The van der Waals surface area contributed by atoms with E-state index in [1.54, 1.807) is 0 Å². The predicted molar refractivity (Wildman–Crippen MR) is 59.1 cm³/mol. The molecular weight excluding hydrogens is 158 g/mol. The predicted octanol–water partition coefficient (Wildman–Crippen LogP) is 3.67. The summed E-state index contributed by atoms with van der Waals surface area (Å²) in [6, 6.07) is 8.87. The van der Waals surface area contributed by atoms with Crippen LogP contribution in [-0.2, 0) is 6.42 Å². The highest BCUT2D eigenvalue weighted by Gasteiger charge is 1.98. The highest BCUT2D eigenvalue weighted by atomic mass is 14.7. The molecule has 1 heteroatoms. The van der Waals surface area contributed by atoms with Gasteiger partial charge >= 0.3 is 0 Å². The van der Waals surface area contributed by atoms with E-state index in [0.29, 0.717) is 0 Å². The van der Waals surface area contributed by atoms with E-state index in [4.69, 9.17) is 0 Å². The Morgan fingerprint density at radius 1 is 1.31 bits per heavy atom. The number of nitrogens with one attached hydrogen (secondary N) is 1. The van der Waals surface area contributed by atoms with E-state index in [-0.39, 0.29) is 1.43 Å². The molecule has 0 aliphatic carbocycles. The SMILES string of the molecule is CCCc1ccc2[nH]c(C)cc2c1.[HH]. The zero-order chi connectivity index (χ0) is 9.26. The molecule has 1 aromatic heterocycles. The van der Waals surface area contributed by atoms with Crippen molar-refractivity contribution in [3.05, 3.63) is 35.5 Å². The van der Waals surface area contributed by atoms with Crippen LogP contribution in [0.2, 0.25) is 0 Å². The molecule has 0 spiro atoms. The van der Waals surface area contributed by atoms with Gasteiger partial charge in [0.1, 0.15) is 0 Å². The summed E-state index contributed by atoms with van der Waals surface area (Å²) < 4.78 is 0. The fourth-order valence-corrected chi connectivity index (χ4v) is 1.77. The van der Waals surface area contributed by atoms with Crippen molar-refractivity contribution in [3.63, 3.8) is 0 Å². The number of H-pyrrole nitrogens is 1. The van der Waals surface area contributed by atoms with Crippen LogP contribution in [-0.4, -0.2) is 4.98 Å². The van der Waals surface area contributed by atoms with Crippen molar-refractivity contribution in [1.82, 2.24) is 4.98 Å². The van der Waals surface area contributed by atoms with Gasteiger partial charge in [0.25, 0.3) is 0 Å². The quantitative estimate of drug-likeness (QED) is 0.716. The molecule has 1 N–H and O–H groups in total. The summed E-state index contributed by atoms with van der Waals surface area (Å²) in [5, 5.41) is 1.34. The molecule has 13 heavy (non-hydrogen) atoms. The summed E-state index contributed by atoms with van der Waals surface area (Å²) in [6.07, 6.45) is 2.40. The second-order valence-corrected chi connectivity index (χ2v) is 3.62. The van der Waals surface area contributed by atoms with Crippen LogP contribution in [0, 0.1) is 6.92 Å². The molecule has 1 nitrogen and oxygen atoms in total. The zero-order valence-electron chi connectivity index (χ0n) is 8.22. The van der Waals surface area contributed by atoms with E-state index >= 15 is 0 Å². The van der Waals surface area contributed by atoms with Gasteiger partial charge in [-0.25, -0.2) is 0 Å². The summed E-state index contributed by atoms with van der Waals surface area (Å²) >= 11 is 0. The fourth-order valence-electron chi connectivity index (χ4n) is 1.77. The molecule has 0 bridgehead atoms. The van der Waals surface area contributed by atoms with Gasteiger partial charge in [0.05, 0.1) is 0 Å². The first kappa shape index (κ1) is 8.36. The van der Waals surface area contributed by atoms with E-state index in [2.05, 4.69) is 43.1 Å². The van der Waals surface area contributed by atoms with Crippen molar-refractivity contribution in [2.24, 2.45) is 0 Å². The summed E-state index contributed by atoms with van der Waals surface area (Å²) in [5.74, 6) is 0. The second-order valence-electron chi connectivity index (χ2n) is 3.62. The minimum Gasteiger partial charge on any atom is -0.359 e. The van der Waals surface area contributed by atoms with Gasteiger partial charge in [-0.05, 0) is 42.5 Å². The highest BCUT2D eigenvalue weighted by Crippen LogP contribution is 2.17. The number of aromatic nitrogens is 1. The van der Waals surface area contributed by atoms with Crippen molar-refractivity contribution in [2.45, 2.75) is 26.7 Å². The van der Waals surface area contributed by atoms with Crippen LogP contribution in [0.5, 0.6) is 0 Å². The lowest BCUT2D eigenvalue weighted by atomic mass is 10.1. The topological polar surface area (TPSA) is 15.8 Å². The fraction of sp³-hybridized carbons (Fsp3) is 0.333. The Hall–Kier alpha value is -1.24. The van der Waals surface area contributed by atoms with Crippen molar-refractivity contribution in [1.29, 1.82) is 0 Å². The number of fused-ring (bicyclic) bond motifs is 1. The summed E-state index contributed by atoms with van der Waals surface area (Å²) in [6.45, 7) is 4.31. The smallest absolute Gasteiger partial charge is 0.0456 e.